The zero-order chi connectivity index (χ0) is 19.1. The number of methoxy groups -OCH3 is 1. The third kappa shape index (κ3) is 3.05. The van der Waals surface area contributed by atoms with E-state index < -0.39 is 0 Å². The van der Waals surface area contributed by atoms with Gasteiger partial charge in [0.1, 0.15) is 16.3 Å². The summed E-state index contributed by atoms with van der Waals surface area (Å²) in [5, 5.41) is 4.38. The average molecular weight is 424 g/mol. The number of rotatable bonds is 4. The van der Waals surface area contributed by atoms with Gasteiger partial charge in [0.15, 0.2) is 5.13 Å². The maximum atomic E-state index is 12.7. The van der Waals surface area contributed by atoms with Crippen molar-refractivity contribution in [3.63, 3.8) is 0 Å². The Kier molecular flexibility index (Phi) is 4.31. The molecule has 0 atom stereocenters. The lowest BCUT2D eigenvalue weighted by Gasteiger charge is -1.98. The number of hydrogen-bond donors (Lipinski definition) is 1. The SMILES string of the molecule is COc1cccc2sc(NC(=O)c3ccc(-c4nc5ccccc5s4)s3)nc12. The van der Waals surface area contributed by atoms with Crippen LogP contribution in [0.1, 0.15) is 9.67 Å². The molecule has 3 heterocycles. The largest absolute Gasteiger partial charge is 0.494 e. The summed E-state index contributed by atoms with van der Waals surface area (Å²) in [6, 6.07) is 17.5. The zero-order valence-corrected chi connectivity index (χ0v) is 17.1. The number of fused-ring (bicyclic) bond motifs is 2. The Labute approximate surface area is 172 Å². The molecule has 0 bridgehead atoms. The van der Waals surface area contributed by atoms with Crippen molar-refractivity contribution in [1.29, 1.82) is 0 Å². The van der Waals surface area contributed by atoms with Crippen molar-refractivity contribution in [3.05, 3.63) is 59.5 Å². The molecule has 1 N–H and O–H groups in total. The standard InChI is InChI=1S/C20H13N3O2S3/c1-25-12-6-4-8-14-17(12)22-20(28-14)23-18(24)15-9-10-16(26-15)19-21-11-5-2-3-7-13(11)27-19/h2-10H,1H3,(H,22,23,24). The fraction of sp³-hybridized carbons (Fsp3) is 0.0500. The summed E-state index contributed by atoms with van der Waals surface area (Å²) in [6.45, 7) is 0. The number of amides is 1. The van der Waals surface area contributed by atoms with E-state index in [0.29, 0.717) is 15.8 Å². The van der Waals surface area contributed by atoms with Crippen LogP contribution in [0, 0.1) is 0 Å². The Morgan fingerprint density at radius 2 is 1.79 bits per heavy atom. The van der Waals surface area contributed by atoms with Crippen LogP contribution >= 0.6 is 34.0 Å². The minimum Gasteiger partial charge on any atom is -0.494 e. The fourth-order valence-corrected chi connectivity index (χ4v) is 5.65. The zero-order valence-electron chi connectivity index (χ0n) is 14.6. The molecule has 2 aromatic carbocycles. The first-order valence-corrected chi connectivity index (χ1v) is 10.9. The van der Waals surface area contributed by atoms with Crippen LogP contribution < -0.4 is 10.1 Å². The molecule has 0 aliphatic carbocycles. The number of hydrogen-bond acceptors (Lipinski definition) is 7. The lowest BCUT2D eigenvalue weighted by molar-refractivity contribution is 0.103. The molecule has 0 unspecified atom stereocenters. The number of nitrogens with zero attached hydrogens (tertiary/aromatic N) is 2. The molecule has 3 aromatic heterocycles. The van der Waals surface area contributed by atoms with Gasteiger partial charge in [0.25, 0.3) is 5.91 Å². The van der Waals surface area contributed by atoms with Crippen molar-refractivity contribution in [2.75, 3.05) is 12.4 Å². The molecule has 0 spiro atoms. The van der Waals surface area contributed by atoms with Gasteiger partial charge < -0.3 is 4.74 Å². The second kappa shape index (κ2) is 6.97. The monoisotopic (exact) mass is 423 g/mol. The molecule has 0 radical (unpaired) electrons. The smallest absolute Gasteiger partial charge is 0.267 e. The molecular formula is C20H13N3O2S3. The summed E-state index contributed by atoms with van der Waals surface area (Å²) in [6.07, 6.45) is 0. The van der Waals surface area contributed by atoms with Gasteiger partial charge in [0.2, 0.25) is 0 Å². The Morgan fingerprint density at radius 1 is 0.929 bits per heavy atom. The first-order chi connectivity index (χ1) is 13.7. The van der Waals surface area contributed by atoms with E-state index in [1.54, 1.807) is 18.4 Å². The Morgan fingerprint density at radius 3 is 2.64 bits per heavy atom. The highest BCUT2D eigenvalue weighted by Gasteiger charge is 2.16. The summed E-state index contributed by atoms with van der Waals surface area (Å²) < 4.78 is 7.44. The number of ether oxygens (including phenoxy) is 1. The van der Waals surface area contributed by atoms with Gasteiger partial charge in [0.05, 0.1) is 31.8 Å². The number of aromatic nitrogens is 2. The van der Waals surface area contributed by atoms with E-state index >= 15 is 0 Å². The predicted molar refractivity (Wildman–Crippen MR) is 117 cm³/mol. The molecule has 0 aliphatic rings. The number of anilines is 1. The van der Waals surface area contributed by atoms with Crippen LogP contribution in [0.3, 0.4) is 0 Å². The summed E-state index contributed by atoms with van der Waals surface area (Å²) in [5.41, 5.74) is 1.73. The number of carbonyl (C=O) groups excluding carboxylic acids is 1. The van der Waals surface area contributed by atoms with Gasteiger partial charge in [-0.3, -0.25) is 10.1 Å². The summed E-state index contributed by atoms with van der Waals surface area (Å²) in [7, 11) is 1.61. The Bertz CT molecular complexity index is 1290. The highest BCUT2D eigenvalue weighted by atomic mass is 32.1. The van der Waals surface area contributed by atoms with Crippen LogP contribution in [0.15, 0.2) is 54.6 Å². The number of carbonyl (C=O) groups is 1. The molecular weight excluding hydrogens is 410 g/mol. The molecule has 0 saturated heterocycles. The average Bonchev–Trinajstić information content (AvgIpc) is 3.43. The molecule has 1 amide bonds. The third-order valence-electron chi connectivity index (χ3n) is 4.16. The van der Waals surface area contributed by atoms with E-state index in [-0.39, 0.29) is 5.91 Å². The van der Waals surface area contributed by atoms with Crippen molar-refractivity contribution in [2.24, 2.45) is 0 Å². The molecule has 5 rings (SSSR count). The molecule has 8 heteroatoms. The Hall–Kier alpha value is -2.81. The molecule has 138 valence electrons. The van der Waals surface area contributed by atoms with Gasteiger partial charge in [-0.05, 0) is 36.4 Å². The van der Waals surface area contributed by atoms with Crippen molar-refractivity contribution >= 4 is 65.5 Å². The minimum atomic E-state index is -0.171. The fourth-order valence-electron chi connectivity index (χ4n) is 2.85. The van der Waals surface area contributed by atoms with Crippen molar-refractivity contribution < 1.29 is 9.53 Å². The first kappa shape index (κ1) is 17.3. The van der Waals surface area contributed by atoms with Gasteiger partial charge in [0, 0.05) is 0 Å². The van der Waals surface area contributed by atoms with E-state index in [9.17, 15) is 4.79 Å². The van der Waals surface area contributed by atoms with Gasteiger partial charge in [-0.25, -0.2) is 9.97 Å². The third-order valence-corrected chi connectivity index (χ3v) is 7.38. The highest BCUT2D eigenvalue weighted by Crippen LogP contribution is 2.35. The van der Waals surface area contributed by atoms with Crippen molar-refractivity contribution in [2.45, 2.75) is 0 Å². The van der Waals surface area contributed by atoms with Gasteiger partial charge in [-0.15, -0.1) is 22.7 Å². The van der Waals surface area contributed by atoms with Crippen LogP contribution in [0.25, 0.3) is 30.3 Å². The Balaban J connectivity index is 1.40. The van der Waals surface area contributed by atoms with Crippen molar-refractivity contribution in [1.82, 2.24) is 9.97 Å². The topological polar surface area (TPSA) is 64.1 Å². The molecule has 5 aromatic rings. The van der Waals surface area contributed by atoms with E-state index in [2.05, 4.69) is 21.4 Å². The molecule has 0 saturated carbocycles. The van der Waals surface area contributed by atoms with Crippen LogP contribution in [-0.4, -0.2) is 23.0 Å². The number of thiazole rings is 2. The first-order valence-electron chi connectivity index (χ1n) is 8.42. The molecule has 5 nitrogen and oxygen atoms in total. The van der Waals surface area contributed by atoms with Crippen LogP contribution in [0.2, 0.25) is 0 Å². The number of thiophene rings is 1. The lowest BCUT2D eigenvalue weighted by atomic mass is 10.3. The second-order valence-corrected chi connectivity index (χ2v) is 9.08. The van der Waals surface area contributed by atoms with Gasteiger partial charge >= 0.3 is 0 Å². The molecule has 0 aliphatic heterocycles. The molecule has 28 heavy (non-hydrogen) atoms. The normalized spacial score (nSPS) is 11.2. The summed E-state index contributed by atoms with van der Waals surface area (Å²) in [4.78, 5) is 23.4. The summed E-state index contributed by atoms with van der Waals surface area (Å²) >= 11 is 4.49. The van der Waals surface area contributed by atoms with E-state index in [1.165, 1.54) is 22.7 Å². The molecule has 0 fully saturated rings. The quantitative estimate of drug-likeness (QED) is 0.391. The minimum absolute atomic E-state index is 0.171. The van der Waals surface area contributed by atoms with Crippen LogP contribution in [-0.2, 0) is 0 Å². The van der Waals surface area contributed by atoms with E-state index in [4.69, 9.17) is 4.74 Å². The van der Waals surface area contributed by atoms with E-state index in [1.807, 2.05) is 48.5 Å². The lowest BCUT2D eigenvalue weighted by Crippen LogP contribution is -2.09. The summed E-state index contributed by atoms with van der Waals surface area (Å²) in [5.74, 6) is 0.527. The van der Waals surface area contributed by atoms with E-state index in [0.717, 1.165) is 30.3 Å². The predicted octanol–water partition coefficient (Wildman–Crippen LogP) is 5.90. The van der Waals surface area contributed by atoms with Gasteiger partial charge in [-0.1, -0.05) is 29.5 Å². The number of nitrogens with one attached hydrogen (secondary N) is 1. The second-order valence-electron chi connectivity index (χ2n) is 5.93. The van der Waals surface area contributed by atoms with Gasteiger partial charge in [-0.2, -0.15) is 0 Å². The maximum absolute atomic E-state index is 12.7. The number of benzene rings is 2. The highest BCUT2D eigenvalue weighted by molar-refractivity contribution is 7.26. The van der Waals surface area contributed by atoms with Crippen LogP contribution in [0.5, 0.6) is 5.75 Å². The van der Waals surface area contributed by atoms with Crippen LogP contribution in [0.4, 0.5) is 5.13 Å². The number of para-hydroxylation sites is 2. The van der Waals surface area contributed by atoms with Crippen molar-refractivity contribution in [3.8, 4) is 15.6 Å². The maximum Gasteiger partial charge on any atom is 0.267 e.